The van der Waals surface area contributed by atoms with Crippen LogP contribution < -0.4 is 21.6 Å². The molecular formula is C27H35BOSi. The minimum absolute atomic E-state index is 0.198. The molecule has 0 unspecified atom stereocenters. The third-order valence-electron chi connectivity index (χ3n) is 6.48. The summed E-state index contributed by atoms with van der Waals surface area (Å²) >= 11 is 0. The van der Waals surface area contributed by atoms with Gasteiger partial charge in [-0.1, -0.05) is 98.3 Å². The maximum atomic E-state index is 6.08. The standard InChI is InChI=1S/C27H35BOSi/c1-18-14-20(3)26(21(4)15-18)28(27-22(5)16-19(2)17-23(27)6)24-12-10-11-13-25(24)30(8,9)29-7/h10-17H,1-9H3. The van der Waals surface area contributed by atoms with Crippen LogP contribution in [0.4, 0.5) is 0 Å². The summed E-state index contributed by atoms with van der Waals surface area (Å²) < 4.78 is 6.08. The Bertz CT molecular complexity index is 980. The lowest BCUT2D eigenvalue weighted by Gasteiger charge is -2.30. The Morgan fingerprint density at radius 1 is 0.667 bits per heavy atom. The van der Waals surface area contributed by atoms with Crippen LogP contribution in [0.1, 0.15) is 33.4 Å². The first kappa shape index (κ1) is 22.6. The van der Waals surface area contributed by atoms with Gasteiger partial charge in [-0.2, -0.15) is 0 Å². The molecule has 0 saturated carbocycles. The quantitative estimate of drug-likeness (QED) is 0.571. The molecule has 0 aliphatic heterocycles. The van der Waals surface area contributed by atoms with Gasteiger partial charge in [0, 0.05) is 7.11 Å². The lowest BCUT2D eigenvalue weighted by Crippen LogP contribution is -2.64. The van der Waals surface area contributed by atoms with Gasteiger partial charge in [-0.25, -0.2) is 0 Å². The molecule has 0 saturated heterocycles. The third kappa shape index (κ3) is 4.19. The van der Waals surface area contributed by atoms with Crippen molar-refractivity contribution >= 4 is 36.6 Å². The highest BCUT2D eigenvalue weighted by Gasteiger charge is 2.35. The molecule has 1 nitrogen and oxygen atoms in total. The summed E-state index contributed by atoms with van der Waals surface area (Å²) in [7, 11) is -0.154. The van der Waals surface area contributed by atoms with E-state index in [1.807, 2.05) is 7.11 Å². The first-order valence-electron chi connectivity index (χ1n) is 10.9. The summed E-state index contributed by atoms with van der Waals surface area (Å²) in [6.07, 6.45) is 0. The zero-order chi connectivity index (χ0) is 22.2. The normalized spacial score (nSPS) is 11.6. The largest absolute Gasteiger partial charge is 0.416 e. The van der Waals surface area contributed by atoms with Crippen molar-refractivity contribution in [1.29, 1.82) is 0 Å². The van der Waals surface area contributed by atoms with Crippen LogP contribution in [-0.2, 0) is 4.43 Å². The molecule has 0 N–H and O–H groups in total. The summed E-state index contributed by atoms with van der Waals surface area (Å²) in [6, 6.07) is 18.3. The van der Waals surface area contributed by atoms with Gasteiger partial charge in [0.1, 0.15) is 0 Å². The van der Waals surface area contributed by atoms with Crippen molar-refractivity contribution in [3.8, 4) is 0 Å². The molecule has 0 bridgehead atoms. The number of rotatable bonds is 5. The fraction of sp³-hybridized carbons (Fsp3) is 0.333. The average molecular weight is 414 g/mol. The van der Waals surface area contributed by atoms with Gasteiger partial charge in [0.2, 0.25) is 15.0 Å². The molecule has 3 aromatic carbocycles. The maximum absolute atomic E-state index is 6.08. The summed E-state index contributed by atoms with van der Waals surface area (Å²) in [5.41, 5.74) is 12.4. The predicted octanol–water partition coefficient (Wildman–Crippen LogP) is 4.11. The topological polar surface area (TPSA) is 9.23 Å². The van der Waals surface area contributed by atoms with E-state index in [2.05, 4.69) is 103 Å². The predicted molar refractivity (Wildman–Crippen MR) is 137 cm³/mol. The van der Waals surface area contributed by atoms with E-state index in [4.69, 9.17) is 4.43 Å². The van der Waals surface area contributed by atoms with Crippen LogP contribution in [0.15, 0.2) is 48.5 Å². The van der Waals surface area contributed by atoms with E-state index in [0.717, 1.165) is 0 Å². The molecule has 0 aromatic heterocycles. The van der Waals surface area contributed by atoms with E-state index in [9.17, 15) is 0 Å². The number of benzene rings is 3. The molecule has 0 fully saturated rings. The fourth-order valence-corrected chi connectivity index (χ4v) is 6.80. The van der Waals surface area contributed by atoms with Gasteiger partial charge in [0.15, 0.2) is 0 Å². The Hall–Kier alpha value is -2.10. The monoisotopic (exact) mass is 414 g/mol. The highest BCUT2D eigenvalue weighted by molar-refractivity contribution is 7.01. The maximum Gasteiger partial charge on any atom is 0.242 e. The Labute approximate surface area is 184 Å². The van der Waals surface area contributed by atoms with Crippen molar-refractivity contribution in [2.45, 2.75) is 54.6 Å². The lowest BCUT2D eigenvalue weighted by atomic mass is 9.34. The molecule has 0 amide bonds. The van der Waals surface area contributed by atoms with Crippen LogP contribution in [0.2, 0.25) is 13.1 Å². The van der Waals surface area contributed by atoms with E-state index in [1.54, 1.807) is 0 Å². The van der Waals surface area contributed by atoms with Gasteiger partial charge in [-0.05, 0) is 59.8 Å². The molecule has 0 radical (unpaired) electrons. The molecule has 0 spiro atoms. The van der Waals surface area contributed by atoms with Crippen LogP contribution in [-0.4, -0.2) is 22.1 Å². The summed E-state index contributed by atoms with van der Waals surface area (Å²) in [4.78, 5) is 0. The van der Waals surface area contributed by atoms with Crippen molar-refractivity contribution in [2.75, 3.05) is 7.11 Å². The van der Waals surface area contributed by atoms with Gasteiger partial charge in [-0.3, -0.25) is 0 Å². The minimum Gasteiger partial charge on any atom is -0.416 e. The molecule has 0 aliphatic carbocycles. The third-order valence-corrected chi connectivity index (χ3v) is 9.26. The first-order valence-corrected chi connectivity index (χ1v) is 13.8. The molecule has 0 atom stereocenters. The Balaban J connectivity index is 2.44. The SMILES string of the molecule is CO[Si](C)(C)c1ccccc1B(c1c(C)cc(C)cc1C)c1c(C)cc(C)cc1C. The van der Waals surface area contributed by atoms with Crippen LogP contribution in [0.25, 0.3) is 0 Å². The molecule has 156 valence electrons. The van der Waals surface area contributed by atoms with Gasteiger partial charge >= 0.3 is 0 Å². The molecule has 3 rings (SSSR count). The molecule has 3 aromatic rings. The second kappa shape index (κ2) is 8.57. The molecule has 30 heavy (non-hydrogen) atoms. The fourth-order valence-electron chi connectivity index (χ4n) is 5.16. The second-order valence-electron chi connectivity index (χ2n) is 9.36. The summed E-state index contributed by atoms with van der Waals surface area (Å²) in [5.74, 6) is 0. The second-order valence-corrected chi connectivity index (χ2v) is 13.3. The van der Waals surface area contributed by atoms with Gasteiger partial charge < -0.3 is 4.43 Å². The highest BCUT2D eigenvalue weighted by Crippen LogP contribution is 2.13. The van der Waals surface area contributed by atoms with Crippen molar-refractivity contribution in [3.63, 3.8) is 0 Å². The molecule has 0 heterocycles. The van der Waals surface area contributed by atoms with E-state index in [0.29, 0.717) is 0 Å². The van der Waals surface area contributed by atoms with Crippen molar-refractivity contribution in [2.24, 2.45) is 0 Å². The van der Waals surface area contributed by atoms with Crippen molar-refractivity contribution in [1.82, 2.24) is 0 Å². The minimum atomic E-state index is -2.02. The smallest absolute Gasteiger partial charge is 0.242 e. The van der Waals surface area contributed by atoms with E-state index >= 15 is 0 Å². The first-order chi connectivity index (χ1) is 14.1. The number of hydrogen-bond donors (Lipinski definition) is 0. The van der Waals surface area contributed by atoms with E-state index in [1.165, 1.54) is 55.0 Å². The lowest BCUT2D eigenvalue weighted by molar-refractivity contribution is 0.416. The molecular weight excluding hydrogens is 379 g/mol. The number of hydrogen-bond acceptors (Lipinski definition) is 1. The van der Waals surface area contributed by atoms with E-state index < -0.39 is 8.32 Å². The Morgan fingerprint density at radius 2 is 1.07 bits per heavy atom. The molecule has 3 heteroatoms. The Morgan fingerprint density at radius 3 is 1.47 bits per heavy atom. The van der Waals surface area contributed by atoms with Crippen LogP contribution in [0, 0.1) is 41.5 Å². The van der Waals surface area contributed by atoms with Crippen molar-refractivity contribution < 1.29 is 4.43 Å². The van der Waals surface area contributed by atoms with E-state index in [-0.39, 0.29) is 6.71 Å². The zero-order valence-corrected chi connectivity index (χ0v) is 21.1. The van der Waals surface area contributed by atoms with Crippen LogP contribution >= 0.6 is 0 Å². The summed E-state index contributed by atoms with van der Waals surface area (Å²) in [6.45, 7) is 18.2. The van der Waals surface area contributed by atoms with Crippen LogP contribution in [0.5, 0.6) is 0 Å². The van der Waals surface area contributed by atoms with Crippen molar-refractivity contribution in [3.05, 3.63) is 81.9 Å². The van der Waals surface area contributed by atoms with Crippen LogP contribution in [0.3, 0.4) is 0 Å². The average Bonchev–Trinajstić information content (AvgIpc) is 2.65. The number of aryl methyl sites for hydroxylation is 6. The summed E-state index contributed by atoms with van der Waals surface area (Å²) in [5, 5.41) is 1.39. The highest BCUT2D eigenvalue weighted by atomic mass is 28.4. The zero-order valence-electron chi connectivity index (χ0n) is 20.1. The van der Waals surface area contributed by atoms with Gasteiger partial charge in [0.05, 0.1) is 0 Å². The van der Waals surface area contributed by atoms with Gasteiger partial charge in [0.25, 0.3) is 0 Å². The van der Waals surface area contributed by atoms with Gasteiger partial charge in [-0.15, -0.1) is 0 Å². The molecule has 0 aliphatic rings. The Kier molecular flexibility index (Phi) is 6.45.